The summed E-state index contributed by atoms with van der Waals surface area (Å²) in [5, 5.41) is 6.53. The average molecular weight is 364 g/mol. The van der Waals surface area contributed by atoms with Crippen LogP contribution in [0.3, 0.4) is 0 Å². The highest BCUT2D eigenvalue weighted by Gasteiger charge is 2.14. The SMILES string of the molecule is C[C@H](NCC(=O)N(C)CC(=O)NCc1ccco1)c1ccc(Cl)cc1. The standard InChI is InChI=1S/C18H22ClN3O3/c1-13(14-5-7-15(19)8-6-14)20-11-18(24)22(2)12-17(23)21-10-16-4-3-9-25-16/h3-9,13,20H,10-12H2,1-2H3,(H,21,23)/t13-/m0/s1. The number of hydrogen-bond acceptors (Lipinski definition) is 4. The van der Waals surface area contributed by atoms with Gasteiger partial charge in [0.2, 0.25) is 11.8 Å². The maximum Gasteiger partial charge on any atom is 0.239 e. The lowest BCUT2D eigenvalue weighted by atomic mass is 10.1. The normalized spacial score (nSPS) is 11.8. The summed E-state index contributed by atoms with van der Waals surface area (Å²) in [5.74, 6) is 0.271. The third-order valence-electron chi connectivity index (χ3n) is 3.78. The van der Waals surface area contributed by atoms with Crippen molar-refractivity contribution in [3.63, 3.8) is 0 Å². The smallest absolute Gasteiger partial charge is 0.239 e. The lowest BCUT2D eigenvalue weighted by molar-refractivity contribution is -0.134. The van der Waals surface area contributed by atoms with Gasteiger partial charge in [0, 0.05) is 18.1 Å². The van der Waals surface area contributed by atoms with E-state index < -0.39 is 0 Å². The molecule has 0 saturated carbocycles. The van der Waals surface area contributed by atoms with Gasteiger partial charge in [-0.15, -0.1) is 0 Å². The summed E-state index contributed by atoms with van der Waals surface area (Å²) in [6.07, 6.45) is 1.55. The van der Waals surface area contributed by atoms with Gasteiger partial charge in [-0.05, 0) is 36.8 Å². The molecular formula is C18H22ClN3O3. The van der Waals surface area contributed by atoms with E-state index in [1.807, 2.05) is 31.2 Å². The number of carbonyl (C=O) groups is 2. The third-order valence-corrected chi connectivity index (χ3v) is 4.03. The van der Waals surface area contributed by atoms with Gasteiger partial charge in [0.1, 0.15) is 5.76 Å². The van der Waals surface area contributed by atoms with Crippen molar-refractivity contribution in [2.24, 2.45) is 0 Å². The van der Waals surface area contributed by atoms with Crippen LogP contribution in [0.2, 0.25) is 5.02 Å². The largest absolute Gasteiger partial charge is 0.467 e. The van der Waals surface area contributed by atoms with Crippen LogP contribution in [0.15, 0.2) is 47.1 Å². The minimum Gasteiger partial charge on any atom is -0.467 e. The zero-order chi connectivity index (χ0) is 18.2. The van der Waals surface area contributed by atoms with Gasteiger partial charge < -0.3 is 20.0 Å². The van der Waals surface area contributed by atoms with Crippen LogP contribution >= 0.6 is 11.6 Å². The van der Waals surface area contributed by atoms with E-state index in [0.29, 0.717) is 17.3 Å². The summed E-state index contributed by atoms with van der Waals surface area (Å²) in [6.45, 7) is 2.41. The van der Waals surface area contributed by atoms with Crippen molar-refractivity contribution >= 4 is 23.4 Å². The summed E-state index contributed by atoms with van der Waals surface area (Å²) in [6, 6.07) is 11.0. The van der Waals surface area contributed by atoms with E-state index in [9.17, 15) is 9.59 Å². The highest BCUT2D eigenvalue weighted by molar-refractivity contribution is 6.30. The van der Waals surface area contributed by atoms with Crippen molar-refractivity contribution in [3.8, 4) is 0 Å². The van der Waals surface area contributed by atoms with E-state index >= 15 is 0 Å². The Bertz CT molecular complexity index is 686. The fourth-order valence-corrected chi connectivity index (χ4v) is 2.33. The Kier molecular flexibility index (Phi) is 7.03. The van der Waals surface area contributed by atoms with Crippen molar-refractivity contribution in [1.29, 1.82) is 0 Å². The van der Waals surface area contributed by atoms with Crippen LogP contribution in [0.1, 0.15) is 24.3 Å². The number of halogens is 1. The Morgan fingerprint density at radius 2 is 1.96 bits per heavy atom. The van der Waals surface area contributed by atoms with E-state index in [1.165, 1.54) is 4.90 Å². The Balaban J connectivity index is 1.72. The molecule has 0 spiro atoms. The van der Waals surface area contributed by atoms with Gasteiger partial charge in [-0.1, -0.05) is 23.7 Å². The first-order valence-corrected chi connectivity index (χ1v) is 8.35. The van der Waals surface area contributed by atoms with E-state index in [2.05, 4.69) is 10.6 Å². The zero-order valence-corrected chi connectivity index (χ0v) is 15.0. The van der Waals surface area contributed by atoms with Gasteiger partial charge in [-0.25, -0.2) is 0 Å². The number of nitrogens with one attached hydrogen (secondary N) is 2. The molecule has 0 aliphatic rings. The Morgan fingerprint density at radius 3 is 2.60 bits per heavy atom. The van der Waals surface area contributed by atoms with Gasteiger partial charge in [0.25, 0.3) is 0 Å². The maximum atomic E-state index is 12.1. The quantitative estimate of drug-likeness (QED) is 0.755. The molecule has 1 aromatic heterocycles. The second-order valence-electron chi connectivity index (χ2n) is 5.76. The minimum atomic E-state index is -0.238. The summed E-state index contributed by atoms with van der Waals surface area (Å²) < 4.78 is 5.14. The molecule has 2 amide bonds. The molecule has 0 radical (unpaired) electrons. The first-order valence-electron chi connectivity index (χ1n) is 7.97. The molecule has 2 N–H and O–H groups in total. The molecule has 0 fully saturated rings. The average Bonchev–Trinajstić information content (AvgIpc) is 3.11. The number of likely N-dealkylation sites (N-methyl/N-ethyl adjacent to an activating group) is 1. The van der Waals surface area contributed by atoms with Gasteiger partial charge in [0.15, 0.2) is 0 Å². The predicted molar refractivity (Wildman–Crippen MR) is 96.1 cm³/mol. The van der Waals surface area contributed by atoms with E-state index in [-0.39, 0.29) is 30.9 Å². The van der Waals surface area contributed by atoms with Crippen LogP contribution in [-0.2, 0) is 16.1 Å². The van der Waals surface area contributed by atoms with Crippen molar-refractivity contribution in [2.75, 3.05) is 20.1 Å². The summed E-state index contributed by atoms with van der Waals surface area (Å²) >= 11 is 5.87. The second-order valence-corrected chi connectivity index (χ2v) is 6.20. The summed E-state index contributed by atoms with van der Waals surface area (Å²) in [4.78, 5) is 25.4. The first-order chi connectivity index (χ1) is 12.0. The Labute approximate surface area is 152 Å². The second kappa shape index (κ2) is 9.25. The van der Waals surface area contributed by atoms with Crippen molar-refractivity contribution in [1.82, 2.24) is 15.5 Å². The molecule has 1 heterocycles. The number of amides is 2. The molecule has 2 aromatic rings. The monoisotopic (exact) mass is 363 g/mol. The highest BCUT2D eigenvalue weighted by Crippen LogP contribution is 2.15. The van der Waals surface area contributed by atoms with Crippen LogP contribution in [0.25, 0.3) is 0 Å². The van der Waals surface area contributed by atoms with Crippen LogP contribution in [-0.4, -0.2) is 36.9 Å². The fraction of sp³-hybridized carbons (Fsp3) is 0.333. The lowest BCUT2D eigenvalue weighted by Crippen LogP contribution is -2.42. The minimum absolute atomic E-state index is 0.00222. The molecule has 7 heteroatoms. The van der Waals surface area contributed by atoms with Gasteiger partial charge in [-0.2, -0.15) is 0 Å². The van der Waals surface area contributed by atoms with Crippen molar-refractivity contribution < 1.29 is 14.0 Å². The highest BCUT2D eigenvalue weighted by atomic mass is 35.5. The molecule has 25 heavy (non-hydrogen) atoms. The zero-order valence-electron chi connectivity index (χ0n) is 14.3. The molecule has 0 aliphatic carbocycles. The molecule has 0 aliphatic heterocycles. The van der Waals surface area contributed by atoms with Crippen LogP contribution in [0.5, 0.6) is 0 Å². The number of furan rings is 1. The number of rotatable bonds is 8. The number of hydrogen-bond donors (Lipinski definition) is 2. The topological polar surface area (TPSA) is 74.6 Å². The Morgan fingerprint density at radius 1 is 1.24 bits per heavy atom. The summed E-state index contributed by atoms with van der Waals surface area (Å²) in [5.41, 5.74) is 1.04. The lowest BCUT2D eigenvalue weighted by Gasteiger charge is -2.19. The van der Waals surface area contributed by atoms with E-state index in [0.717, 1.165) is 5.56 Å². The van der Waals surface area contributed by atoms with Gasteiger partial charge in [-0.3, -0.25) is 9.59 Å². The molecule has 1 aromatic carbocycles. The van der Waals surface area contributed by atoms with Gasteiger partial charge in [0.05, 0.1) is 25.9 Å². The van der Waals surface area contributed by atoms with Gasteiger partial charge >= 0.3 is 0 Å². The molecular weight excluding hydrogens is 342 g/mol. The first kappa shape index (κ1) is 19.0. The number of carbonyl (C=O) groups excluding carboxylic acids is 2. The van der Waals surface area contributed by atoms with Crippen LogP contribution < -0.4 is 10.6 Å². The molecule has 134 valence electrons. The summed E-state index contributed by atoms with van der Waals surface area (Å²) in [7, 11) is 1.60. The molecule has 6 nitrogen and oxygen atoms in total. The number of benzene rings is 1. The molecule has 1 atom stereocenters. The molecule has 0 bridgehead atoms. The van der Waals surface area contributed by atoms with Crippen molar-refractivity contribution in [3.05, 3.63) is 59.0 Å². The maximum absolute atomic E-state index is 12.1. The van der Waals surface area contributed by atoms with Crippen LogP contribution in [0.4, 0.5) is 0 Å². The number of nitrogens with zero attached hydrogens (tertiary/aromatic N) is 1. The Hall–Kier alpha value is -2.31. The fourth-order valence-electron chi connectivity index (χ4n) is 2.20. The van der Waals surface area contributed by atoms with Crippen molar-refractivity contribution in [2.45, 2.75) is 19.5 Å². The van der Waals surface area contributed by atoms with E-state index in [4.69, 9.17) is 16.0 Å². The molecule has 0 saturated heterocycles. The molecule has 2 rings (SSSR count). The van der Waals surface area contributed by atoms with E-state index in [1.54, 1.807) is 25.4 Å². The predicted octanol–water partition coefficient (Wildman–Crippen LogP) is 2.36. The molecule has 0 unspecified atom stereocenters. The third kappa shape index (κ3) is 6.25. The van der Waals surface area contributed by atoms with Crippen LogP contribution in [0, 0.1) is 0 Å².